The minimum atomic E-state index is -4.90. The predicted molar refractivity (Wildman–Crippen MR) is 209 cm³/mol. The average molecular weight is 791 g/mol. The smallest absolute Gasteiger partial charge is 0.406 e. The van der Waals surface area contributed by atoms with E-state index in [2.05, 4.69) is 31.3 Å². The van der Waals surface area contributed by atoms with Gasteiger partial charge in [-0.15, -0.1) is 13.2 Å². The number of benzene rings is 2. The Morgan fingerprint density at radius 2 is 1.30 bits per heavy atom. The molecular weight excluding hydrogens is 729 g/mol. The number of nitrogens with two attached hydrogens (primary N) is 1. The molecule has 0 aromatic heterocycles. The Labute approximate surface area is 329 Å². The Morgan fingerprint density at radius 3 is 1.82 bits per heavy atom. The number of hydrogen-bond donors (Lipinski definition) is 6. The van der Waals surface area contributed by atoms with Crippen molar-refractivity contribution in [1.82, 2.24) is 26.6 Å². The van der Waals surface area contributed by atoms with Crippen LogP contribution in [0.15, 0.2) is 54.6 Å². The van der Waals surface area contributed by atoms with Crippen LogP contribution < -0.4 is 37.1 Å². The largest absolute Gasteiger partial charge is 0.573 e. The molecule has 0 bridgehead atoms. The topological polar surface area (TPSA) is 181 Å². The number of amides is 5. The summed E-state index contributed by atoms with van der Waals surface area (Å²) in [4.78, 5) is 67.5. The lowest BCUT2D eigenvalue weighted by Crippen LogP contribution is -2.59. The third-order valence-electron chi connectivity index (χ3n) is 9.63. The van der Waals surface area contributed by atoms with Gasteiger partial charge in [-0.05, 0) is 73.3 Å². The van der Waals surface area contributed by atoms with Gasteiger partial charge in [-0.25, -0.2) is 0 Å². The lowest BCUT2D eigenvalue weighted by Gasteiger charge is -2.31. The van der Waals surface area contributed by atoms with Gasteiger partial charge in [0.1, 0.15) is 23.9 Å². The molecule has 5 amide bonds. The SMILES string of the molecule is CCC(CC)NC(=O)[C@@H](NC(=O)C[C@H](N)[C@H](Cc1ccccc1)NC(=O)[C@@H](NC(=O)C(CC(C)C)NC(=O)c1ccc(OC(F)(F)F)cc1)C(C)C)[C@@H](C)CC. The van der Waals surface area contributed by atoms with E-state index in [-0.39, 0.29) is 48.6 Å². The highest BCUT2D eigenvalue weighted by Crippen LogP contribution is 2.23. The Hall–Kier alpha value is -4.66. The molecule has 0 heterocycles. The van der Waals surface area contributed by atoms with Gasteiger partial charge in [-0.2, -0.15) is 0 Å². The maximum absolute atomic E-state index is 14.0. The fourth-order valence-corrected chi connectivity index (χ4v) is 6.07. The number of alkyl halides is 3. The van der Waals surface area contributed by atoms with E-state index in [1.807, 2.05) is 71.9 Å². The maximum Gasteiger partial charge on any atom is 0.573 e. The van der Waals surface area contributed by atoms with E-state index in [1.54, 1.807) is 13.8 Å². The summed E-state index contributed by atoms with van der Waals surface area (Å²) >= 11 is 0. The number of halogens is 3. The van der Waals surface area contributed by atoms with Crippen LogP contribution >= 0.6 is 0 Å². The highest BCUT2D eigenvalue weighted by Gasteiger charge is 2.34. The van der Waals surface area contributed by atoms with Crippen molar-refractivity contribution in [3.05, 3.63) is 65.7 Å². The Morgan fingerprint density at radius 1 is 0.714 bits per heavy atom. The average Bonchev–Trinajstić information content (AvgIpc) is 3.13. The summed E-state index contributed by atoms with van der Waals surface area (Å²) in [6.45, 7) is 15.0. The molecule has 2 aromatic rings. The molecule has 0 aliphatic heterocycles. The van der Waals surface area contributed by atoms with E-state index >= 15 is 0 Å². The van der Waals surface area contributed by atoms with Crippen molar-refractivity contribution in [3.63, 3.8) is 0 Å². The summed E-state index contributed by atoms with van der Waals surface area (Å²) in [6.07, 6.45) is -2.48. The third kappa shape index (κ3) is 16.2. The molecule has 0 radical (unpaired) electrons. The van der Waals surface area contributed by atoms with Crippen LogP contribution in [0.1, 0.15) is 103 Å². The highest BCUT2D eigenvalue weighted by molar-refractivity contribution is 5.98. The van der Waals surface area contributed by atoms with Crippen molar-refractivity contribution in [2.75, 3.05) is 0 Å². The van der Waals surface area contributed by atoms with Crippen molar-refractivity contribution >= 4 is 29.5 Å². The molecule has 6 atom stereocenters. The first-order valence-electron chi connectivity index (χ1n) is 19.4. The monoisotopic (exact) mass is 790 g/mol. The number of nitrogens with one attached hydrogen (secondary N) is 5. The molecule has 0 saturated carbocycles. The minimum absolute atomic E-state index is 0.00299. The van der Waals surface area contributed by atoms with Crippen LogP contribution in [0.3, 0.4) is 0 Å². The third-order valence-corrected chi connectivity index (χ3v) is 9.63. The van der Waals surface area contributed by atoms with Gasteiger partial charge in [-0.3, -0.25) is 24.0 Å². The Bertz CT molecular complexity index is 1550. The van der Waals surface area contributed by atoms with Crippen molar-refractivity contribution in [1.29, 1.82) is 0 Å². The quantitative estimate of drug-likeness (QED) is 0.0955. The standard InChI is InChI=1S/C41H61F3N6O6/c1-9-26(8)36(40(55)46-29(10-2)11-3)49-34(51)23-31(45)32(22-27-15-13-12-14-16-27)47-39(54)35(25(6)7)50-38(53)33(21-24(4)5)48-37(52)28-17-19-30(20-18-28)56-41(42,43)44/h12-20,24-26,29,31-33,35-36H,9-11,21-23,45H2,1-8H3,(H,46,55)(H,47,54)(H,48,52)(H,49,51)(H,50,53)/t26-,31-,32-,33?,35-,36-/m0/s1. The second-order valence-electron chi connectivity index (χ2n) is 15.1. The van der Waals surface area contributed by atoms with Crippen molar-refractivity contribution in [3.8, 4) is 5.75 Å². The molecule has 56 heavy (non-hydrogen) atoms. The predicted octanol–water partition coefficient (Wildman–Crippen LogP) is 5.15. The van der Waals surface area contributed by atoms with Gasteiger partial charge >= 0.3 is 6.36 Å². The summed E-state index contributed by atoms with van der Waals surface area (Å²) in [5.74, 6) is -3.74. The first-order valence-corrected chi connectivity index (χ1v) is 19.4. The van der Waals surface area contributed by atoms with Gasteiger partial charge < -0.3 is 37.1 Å². The van der Waals surface area contributed by atoms with Crippen molar-refractivity contribution in [2.45, 2.75) is 137 Å². The molecular formula is C41H61F3N6O6. The molecule has 2 aromatic carbocycles. The summed E-state index contributed by atoms with van der Waals surface area (Å²) in [5.41, 5.74) is 7.50. The Balaban J connectivity index is 2.26. The Kier molecular flexibility index (Phi) is 19.3. The second kappa shape index (κ2) is 22.8. The van der Waals surface area contributed by atoms with E-state index in [9.17, 15) is 37.1 Å². The fourth-order valence-electron chi connectivity index (χ4n) is 6.07. The molecule has 7 N–H and O–H groups in total. The van der Waals surface area contributed by atoms with Crippen LogP contribution in [0, 0.1) is 17.8 Å². The van der Waals surface area contributed by atoms with Crippen molar-refractivity contribution in [2.24, 2.45) is 23.5 Å². The molecule has 0 aliphatic rings. The first kappa shape index (κ1) is 47.5. The molecule has 12 nitrogen and oxygen atoms in total. The zero-order valence-corrected chi connectivity index (χ0v) is 33.8. The molecule has 0 aliphatic carbocycles. The van der Waals surface area contributed by atoms with Crippen LogP contribution in [0.5, 0.6) is 5.75 Å². The van der Waals surface area contributed by atoms with Crippen LogP contribution in [0.2, 0.25) is 0 Å². The molecule has 0 spiro atoms. The molecule has 312 valence electrons. The number of carbonyl (C=O) groups is 5. The fraction of sp³-hybridized carbons (Fsp3) is 0.585. The lowest BCUT2D eigenvalue weighted by atomic mass is 9.94. The molecule has 0 fully saturated rings. The van der Waals surface area contributed by atoms with Crippen molar-refractivity contribution < 1.29 is 41.9 Å². The van der Waals surface area contributed by atoms with Gasteiger partial charge in [0.25, 0.3) is 5.91 Å². The van der Waals surface area contributed by atoms with Crippen LogP contribution in [-0.4, -0.2) is 72.1 Å². The van der Waals surface area contributed by atoms with E-state index in [4.69, 9.17) is 5.73 Å². The molecule has 0 saturated heterocycles. The second-order valence-corrected chi connectivity index (χ2v) is 15.1. The number of hydrogen-bond acceptors (Lipinski definition) is 7. The summed E-state index contributed by atoms with van der Waals surface area (Å²) < 4.78 is 41.7. The normalized spacial score (nSPS) is 14.9. The van der Waals surface area contributed by atoms with Gasteiger partial charge in [-0.1, -0.05) is 92.1 Å². The van der Waals surface area contributed by atoms with Gasteiger partial charge in [0.2, 0.25) is 23.6 Å². The van der Waals surface area contributed by atoms with E-state index in [0.717, 1.165) is 42.7 Å². The highest BCUT2D eigenvalue weighted by atomic mass is 19.4. The van der Waals surface area contributed by atoms with E-state index in [1.165, 1.54) is 0 Å². The molecule has 2 rings (SSSR count). The number of ether oxygens (including phenoxy) is 1. The summed E-state index contributed by atoms with van der Waals surface area (Å²) in [5, 5.41) is 14.3. The first-order chi connectivity index (χ1) is 26.3. The van der Waals surface area contributed by atoms with Crippen LogP contribution in [0.4, 0.5) is 13.2 Å². The zero-order chi connectivity index (χ0) is 42.2. The number of carbonyl (C=O) groups excluding carboxylic acids is 5. The summed E-state index contributed by atoms with van der Waals surface area (Å²) in [6, 6.07) is 8.94. The number of rotatable bonds is 22. The van der Waals surface area contributed by atoms with Gasteiger partial charge in [0.05, 0.1) is 0 Å². The molecule has 15 heteroatoms. The zero-order valence-electron chi connectivity index (χ0n) is 33.8. The van der Waals surface area contributed by atoms with Gasteiger partial charge in [0, 0.05) is 30.1 Å². The van der Waals surface area contributed by atoms with E-state index in [0.29, 0.717) is 6.42 Å². The van der Waals surface area contributed by atoms with Crippen LogP contribution in [0.25, 0.3) is 0 Å². The van der Waals surface area contributed by atoms with Crippen LogP contribution in [-0.2, 0) is 25.6 Å². The van der Waals surface area contributed by atoms with E-state index < -0.39 is 71.9 Å². The lowest BCUT2D eigenvalue weighted by molar-refractivity contribution is -0.274. The summed E-state index contributed by atoms with van der Waals surface area (Å²) in [7, 11) is 0. The van der Waals surface area contributed by atoms with Gasteiger partial charge in [0.15, 0.2) is 0 Å². The minimum Gasteiger partial charge on any atom is -0.406 e. The molecule has 1 unspecified atom stereocenters. The maximum atomic E-state index is 14.0.